The van der Waals surface area contributed by atoms with Crippen LogP contribution in [0.2, 0.25) is 0 Å². The van der Waals surface area contributed by atoms with E-state index in [1.54, 1.807) is 21.3 Å². The summed E-state index contributed by atoms with van der Waals surface area (Å²) in [5, 5.41) is 11.8. The van der Waals surface area contributed by atoms with E-state index < -0.39 is 23.5 Å². The van der Waals surface area contributed by atoms with E-state index in [4.69, 9.17) is 23.7 Å². The fraction of sp³-hybridized carbons (Fsp3) is 0.375. The summed E-state index contributed by atoms with van der Waals surface area (Å²) in [4.78, 5) is 15.2. The van der Waals surface area contributed by atoms with Crippen LogP contribution < -0.4 is 14.2 Å². The molecule has 4 aromatic rings. The second-order valence-corrected chi connectivity index (χ2v) is 13.0. The van der Waals surface area contributed by atoms with Gasteiger partial charge in [-0.2, -0.15) is 0 Å². The molecule has 2 fully saturated rings. The SMILES string of the molecule is COc1ccc(C(OC23CC(OC(=O)C(C)C)CC(C(O)C2)N3Cc2ccccc2)(c2ccc(OC)cc2)c2ccc(OC)cc2)cc1. The third-order valence-electron chi connectivity index (χ3n) is 9.73. The van der Waals surface area contributed by atoms with Gasteiger partial charge in [-0.1, -0.05) is 80.6 Å². The van der Waals surface area contributed by atoms with Crippen LogP contribution in [0.1, 0.15) is 55.4 Å². The fourth-order valence-electron chi connectivity index (χ4n) is 7.30. The maximum Gasteiger partial charge on any atom is 0.308 e. The number of esters is 1. The summed E-state index contributed by atoms with van der Waals surface area (Å²) in [5.41, 5.74) is 1.50. The lowest BCUT2D eigenvalue weighted by Gasteiger charge is -2.51. The second-order valence-electron chi connectivity index (χ2n) is 13.0. The van der Waals surface area contributed by atoms with E-state index in [2.05, 4.69) is 17.0 Å². The number of carbonyl (C=O) groups is 1. The van der Waals surface area contributed by atoms with E-state index in [0.29, 0.717) is 25.8 Å². The van der Waals surface area contributed by atoms with Crippen molar-refractivity contribution in [3.8, 4) is 17.2 Å². The number of hydrogen-bond donors (Lipinski definition) is 1. The van der Waals surface area contributed by atoms with Crippen LogP contribution in [-0.4, -0.2) is 61.3 Å². The Morgan fingerprint density at radius 3 is 1.69 bits per heavy atom. The molecule has 2 bridgehead atoms. The molecule has 2 heterocycles. The normalized spacial score (nSPS) is 22.4. The fourth-order valence-corrected chi connectivity index (χ4v) is 7.30. The quantitative estimate of drug-likeness (QED) is 0.134. The monoisotopic (exact) mass is 651 g/mol. The summed E-state index contributed by atoms with van der Waals surface area (Å²) in [6.07, 6.45) is 0.102. The van der Waals surface area contributed by atoms with Gasteiger partial charge in [0.1, 0.15) is 34.7 Å². The molecule has 252 valence electrons. The minimum atomic E-state index is -1.18. The van der Waals surface area contributed by atoms with Crippen LogP contribution in [0.5, 0.6) is 17.2 Å². The molecular formula is C40H45NO7. The molecule has 2 aliphatic heterocycles. The van der Waals surface area contributed by atoms with Crippen molar-refractivity contribution in [3.05, 3.63) is 125 Å². The summed E-state index contributed by atoms with van der Waals surface area (Å²) in [5.74, 6) is 1.62. The molecule has 2 saturated heterocycles. The maximum absolute atomic E-state index is 13.0. The van der Waals surface area contributed by atoms with Crippen LogP contribution in [0.25, 0.3) is 0 Å². The van der Waals surface area contributed by atoms with Gasteiger partial charge in [0, 0.05) is 31.8 Å². The van der Waals surface area contributed by atoms with Gasteiger partial charge in [-0.15, -0.1) is 0 Å². The Hall–Kier alpha value is -4.37. The zero-order chi connectivity index (χ0) is 33.9. The van der Waals surface area contributed by atoms with Gasteiger partial charge in [-0.05, 0) is 58.7 Å². The zero-order valence-corrected chi connectivity index (χ0v) is 28.3. The van der Waals surface area contributed by atoms with Crippen molar-refractivity contribution in [3.63, 3.8) is 0 Å². The van der Waals surface area contributed by atoms with Gasteiger partial charge in [0.25, 0.3) is 0 Å². The zero-order valence-electron chi connectivity index (χ0n) is 28.3. The Morgan fingerprint density at radius 2 is 1.25 bits per heavy atom. The van der Waals surface area contributed by atoms with Crippen LogP contribution in [-0.2, 0) is 26.4 Å². The molecule has 8 nitrogen and oxygen atoms in total. The number of carbonyl (C=O) groups excluding carboxylic acids is 1. The molecular weight excluding hydrogens is 606 g/mol. The lowest BCUT2D eigenvalue weighted by Crippen LogP contribution is -2.59. The molecule has 2 aliphatic rings. The lowest BCUT2D eigenvalue weighted by atomic mass is 9.79. The van der Waals surface area contributed by atoms with Gasteiger partial charge in [0.2, 0.25) is 0 Å². The Labute approximate surface area is 283 Å². The molecule has 4 atom stereocenters. The van der Waals surface area contributed by atoms with E-state index in [1.165, 1.54) is 0 Å². The van der Waals surface area contributed by atoms with Crippen molar-refractivity contribution in [2.75, 3.05) is 21.3 Å². The third kappa shape index (κ3) is 6.40. The standard InChI is InChI=1S/C40H45NO7/c1-27(2)38(43)47-35-23-36-37(42)25-39(24-35,41(36)26-28-9-7-6-8-10-28)48-40(29-11-17-32(44-3)18-12-29,30-13-19-33(45-4)20-14-30)31-15-21-34(46-5)22-16-31/h6-22,27,35-37,42H,23-26H2,1-5H3. The predicted molar refractivity (Wildman–Crippen MR) is 183 cm³/mol. The first-order chi connectivity index (χ1) is 23.2. The molecule has 1 N–H and O–H groups in total. The van der Waals surface area contributed by atoms with Gasteiger partial charge < -0.3 is 28.8 Å². The van der Waals surface area contributed by atoms with Gasteiger partial charge in [-0.3, -0.25) is 9.69 Å². The number of nitrogens with zero attached hydrogens (tertiary/aromatic N) is 1. The minimum absolute atomic E-state index is 0.257. The smallest absolute Gasteiger partial charge is 0.308 e. The highest BCUT2D eigenvalue weighted by atomic mass is 16.6. The van der Waals surface area contributed by atoms with E-state index >= 15 is 0 Å². The minimum Gasteiger partial charge on any atom is -0.497 e. The van der Waals surface area contributed by atoms with Gasteiger partial charge in [-0.25, -0.2) is 0 Å². The van der Waals surface area contributed by atoms with E-state index in [9.17, 15) is 9.90 Å². The summed E-state index contributed by atoms with van der Waals surface area (Å²) < 4.78 is 30.6. The van der Waals surface area contributed by atoms with Crippen molar-refractivity contribution in [2.45, 2.75) is 69.2 Å². The lowest BCUT2D eigenvalue weighted by molar-refractivity contribution is -0.235. The number of piperidine rings is 1. The largest absolute Gasteiger partial charge is 0.497 e. The molecule has 0 saturated carbocycles. The number of fused-ring (bicyclic) bond motifs is 2. The maximum atomic E-state index is 13.0. The van der Waals surface area contributed by atoms with Crippen molar-refractivity contribution in [1.29, 1.82) is 0 Å². The Morgan fingerprint density at radius 1 is 0.771 bits per heavy atom. The first-order valence-corrected chi connectivity index (χ1v) is 16.5. The van der Waals surface area contributed by atoms with Crippen molar-refractivity contribution in [2.24, 2.45) is 5.92 Å². The second kappa shape index (κ2) is 14.0. The van der Waals surface area contributed by atoms with Crippen LogP contribution >= 0.6 is 0 Å². The molecule has 48 heavy (non-hydrogen) atoms. The number of aliphatic hydroxyl groups excluding tert-OH is 1. The first-order valence-electron chi connectivity index (χ1n) is 16.5. The average molecular weight is 652 g/mol. The first kappa shape index (κ1) is 33.5. The van der Waals surface area contributed by atoms with Crippen molar-refractivity contribution < 1.29 is 33.6 Å². The topological polar surface area (TPSA) is 86.7 Å². The molecule has 6 rings (SSSR count). The van der Waals surface area contributed by atoms with Crippen LogP contribution in [0, 0.1) is 5.92 Å². The van der Waals surface area contributed by atoms with Gasteiger partial charge >= 0.3 is 5.97 Å². The van der Waals surface area contributed by atoms with Crippen LogP contribution in [0.3, 0.4) is 0 Å². The summed E-state index contributed by atoms with van der Waals surface area (Å²) in [6.45, 7) is 4.23. The van der Waals surface area contributed by atoms with E-state index in [-0.39, 0.29) is 17.9 Å². The summed E-state index contributed by atoms with van der Waals surface area (Å²) in [6, 6.07) is 33.7. The van der Waals surface area contributed by atoms with Crippen LogP contribution in [0.4, 0.5) is 0 Å². The van der Waals surface area contributed by atoms with E-state index in [1.807, 2.05) is 105 Å². The number of benzene rings is 4. The van der Waals surface area contributed by atoms with Gasteiger partial charge in [0.15, 0.2) is 0 Å². The third-order valence-corrected chi connectivity index (χ3v) is 9.73. The Kier molecular flexibility index (Phi) is 9.78. The molecule has 0 aromatic heterocycles. The predicted octanol–water partition coefficient (Wildman–Crippen LogP) is 6.71. The molecule has 0 aliphatic carbocycles. The molecule has 0 spiro atoms. The van der Waals surface area contributed by atoms with Crippen LogP contribution in [0.15, 0.2) is 103 Å². The molecule has 4 aromatic carbocycles. The molecule has 0 radical (unpaired) electrons. The number of rotatable bonds is 12. The highest BCUT2D eigenvalue weighted by Crippen LogP contribution is 2.53. The highest BCUT2D eigenvalue weighted by molar-refractivity contribution is 5.71. The van der Waals surface area contributed by atoms with Gasteiger partial charge in [0.05, 0.1) is 33.4 Å². The Bertz CT molecular complexity index is 1540. The average Bonchev–Trinajstić information content (AvgIpc) is 3.26. The summed E-state index contributed by atoms with van der Waals surface area (Å²) >= 11 is 0. The van der Waals surface area contributed by atoms with E-state index in [0.717, 1.165) is 39.5 Å². The molecule has 8 heteroatoms. The van der Waals surface area contributed by atoms with Crippen molar-refractivity contribution in [1.82, 2.24) is 4.90 Å². The summed E-state index contributed by atoms with van der Waals surface area (Å²) in [7, 11) is 4.94. The Balaban J connectivity index is 1.57. The number of methoxy groups -OCH3 is 3. The van der Waals surface area contributed by atoms with Crippen molar-refractivity contribution >= 4 is 5.97 Å². The molecule has 4 unspecified atom stereocenters. The number of ether oxygens (including phenoxy) is 5. The number of hydrogen-bond acceptors (Lipinski definition) is 8. The highest BCUT2D eigenvalue weighted by Gasteiger charge is 2.61. The number of aliphatic hydroxyl groups is 1. The molecule has 0 amide bonds.